The Bertz CT molecular complexity index is 552. The third-order valence-electron chi connectivity index (χ3n) is 3.46. The first-order valence-electron chi connectivity index (χ1n) is 6.62. The van der Waals surface area contributed by atoms with Crippen molar-refractivity contribution in [2.75, 3.05) is 0 Å². The molecule has 1 aliphatic carbocycles. The SMILES string of the molecule is Cc1ccc(C)c(-c2ccc(CNC3CC3)s2)c1. The summed E-state index contributed by atoms with van der Waals surface area (Å²) in [4.78, 5) is 2.83. The lowest BCUT2D eigenvalue weighted by atomic mass is 10.0. The van der Waals surface area contributed by atoms with E-state index in [1.165, 1.54) is 39.3 Å². The Labute approximate surface area is 113 Å². The van der Waals surface area contributed by atoms with Crippen molar-refractivity contribution in [2.45, 2.75) is 39.3 Å². The normalized spacial score (nSPS) is 15.0. The van der Waals surface area contributed by atoms with Gasteiger partial charge in [0.1, 0.15) is 0 Å². The van der Waals surface area contributed by atoms with Crippen molar-refractivity contribution in [3.8, 4) is 10.4 Å². The molecule has 0 aliphatic heterocycles. The second-order valence-corrected chi connectivity index (χ2v) is 6.41. The van der Waals surface area contributed by atoms with Crippen molar-refractivity contribution in [3.05, 3.63) is 46.3 Å². The zero-order chi connectivity index (χ0) is 12.5. The number of rotatable bonds is 4. The maximum absolute atomic E-state index is 3.57. The minimum atomic E-state index is 0.788. The maximum atomic E-state index is 3.57. The molecule has 1 N–H and O–H groups in total. The van der Waals surface area contributed by atoms with E-state index in [1.807, 2.05) is 11.3 Å². The van der Waals surface area contributed by atoms with E-state index in [4.69, 9.17) is 0 Å². The summed E-state index contributed by atoms with van der Waals surface area (Å²) < 4.78 is 0. The topological polar surface area (TPSA) is 12.0 Å². The number of nitrogens with one attached hydrogen (secondary N) is 1. The molecule has 2 heteroatoms. The molecule has 18 heavy (non-hydrogen) atoms. The Balaban J connectivity index is 1.80. The summed E-state index contributed by atoms with van der Waals surface area (Å²) in [5, 5.41) is 3.57. The smallest absolute Gasteiger partial charge is 0.0348 e. The van der Waals surface area contributed by atoms with E-state index in [9.17, 15) is 0 Å². The van der Waals surface area contributed by atoms with Crippen LogP contribution in [0.1, 0.15) is 28.8 Å². The van der Waals surface area contributed by atoms with Gasteiger partial charge in [0.15, 0.2) is 0 Å². The Morgan fingerprint density at radius 2 is 2.00 bits per heavy atom. The molecule has 1 aromatic heterocycles. The standard InChI is InChI=1S/C16H19NS/c1-11-3-4-12(2)15(9-11)16-8-7-14(18-16)10-17-13-5-6-13/h3-4,7-9,13,17H,5-6,10H2,1-2H3. The van der Waals surface area contributed by atoms with Crippen molar-refractivity contribution in [2.24, 2.45) is 0 Å². The quantitative estimate of drug-likeness (QED) is 0.862. The van der Waals surface area contributed by atoms with E-state index in [1.54, 1.807) is 0 Å². The van der Waals surface area contributed by atoms with Gasteiger partial charge in [-0.3, -0.25) is 0 Å². The molecule has 0 atom stereocenters. The molecule has 1 fully saturated rings. The van der Waals surface area contributed by atoms with Crippen LogP contribution in [0.5, 0.6) is 0 Å². The van der Waals surface area contributed by atoms with Gasteiger partial charge in [-0.2, -0.15) is 0 Å². The molecule has 0 saturated heterocycles. The monoisotopic (exact) mass is 257 g/mol. The number of aryl methyl sites for hydroxylation is 2. The van der Waals surface area contributed by atoms with Crippen LogP contribution in [0.3, 0.4) is 0 Å². The van der Waals surface area contributed by atoms with E-state index >= 15 is 0 Å². The first-order chi connectivity index (χ1) is 8.72. The van der Waals surface area contributed by atoms with Gasteiger partial charge in [0.25, 0.3) is 0 Å². The molecule has 1 heterocycles. The van der Waals surface area contributed by atoms with Gasteiger partial charge in [-0.25, -0.2) is 0 Å². The zero-order valence-corrected chi connectivity index (χ0v) is 11.8. The lowest BCUT2D eigenvalue weighted by Gasteiger charge is -2.04. The Morgan fingerprint density at radius 3 is 2.78 bits per heavy atom. The molecular weight excluding hydrogens is 238 g/mol. The van der Waals surface area contributed by atoms with E-state index in [0.29, 0.717) is 0 Å². The molecular formula is C16H19NS. The molecule has 0 radical (unpaired) electrons. The molecule has 0 unspecified atom stereocenters. The maximum Gasteiger partial charge on any atom is 0.0348 e. The molecule has 1 saturated carbocycles. The van der Waals surface area contributed by atoms with Crippen molar-refractivity contribution in [1.29, 1.82) is 0 Å². The van der Waals surface area contributed by atoms with Crippen LogP contribution in [0, 0.1) is 13.8 Å². The third kappa shape index (κ3) is 2.65. The predicted octanol–water partition coefficient (Wildman–Crippen LogP) is 4.28. The summed E-state index contributed by atoms with van der Waals surface area (Å²) in [7, 11) is 0. The van der Waals surface area contributed by atoms with Gasteiger partial charge in [0.2, 0.25) is 0 Å². The predicted molar refractivity (Wildman–Crippen MR) is 79.1 cm³/mol. The average molecular weight is 257 g/mol. The van der Waals surface area contributed by atoms with E-state index in [2.05, 4.69) is 49.5 Å². The van der Waals surface area contributed by atoms with Crippen LogP contribution in [-0.2, 0) is 6.54 Å². The largest absolute Gasteiger partial charge is 0.309 e. The fourth-order valence-corrected chi connectivity index (χ4v) is 3.19. The molecule has 2 aromatic rings. The Kier molecular flexibility index (Phi) is 3.23. The highest BCUT2D eigenvalue weighted by atomic mass is 32.1. The second kappa shape index (κ2) is 4.87. The summed E-state index contributed by atoms with van der Waals surface area (Å²) in [6, 6.07) is 12.0. The summed E-state index contributed by atoms with van der Waals surface area (Å²) in [6.45, 7) is 5.38. The van der Waals surface area contributed by atoms with Crippen molar-refractivity contribution in [1.82, 2.24) is 5.32 Å². The molecule has 1 aromatic carbocycles. The van der Waals surface area contributed by atoms with Crippen molar-refractivity contribution >= 4 is 11.3 Å². The minimum Gasteiger partial charge on any atom is -0.309 e. The van der Waals surface area contributed by atoms with Gasteiger partial charge in [-0.05, 0) is 49.9 Å². The summed E-state index contributed by atoms with van der Waals surface area (Å²) in [6.07, 6.45) is 2.71. The highest BCUT2D eigenvalue weighted by Gasteiger charge is 2.20. The number of benzene rings is 1. The van der Waals surface area contributed by atoms with Gasteiger partial charge in [-0.15, -0.1) is 11.3 Å². The average Bonchev–Trinajstić information content (AvgIpc) is 3.08. The molecule has 0 amide bonds. The lowest BCUT2D eigenvalue weighted by Crippen LogP contribution is -2.14. The molecule has 1 nitrogen and oxygen atoms in total. The molecule has 1 aliphatic rings. The summed E-state index contributed by atoms with van der Waals surface area (Å²) in [5.41, 5.74) is 4.09. The molecule has 3 rings (SSSR count). The highest BCUT2D eigenvalue weighted by molar-refractivity contribution is 7.15. The number of thiophene rings is 1. The lowest BCUT2D eigenvalue weighted by molar-refractivity contribution is 0.695. The third-order valence-corrected chi connectivity index (χ3v) is 4.58. The Hall–Kier alpha value is -1.12. The van der Waals surface area contributed by atoms with Crippen molar-refractivity contribution in [3.63, 3.8) is 0 Å². The first kappa shape index (κ1) is 11.9. The number of hydrogen-bond acceptors (Lipinski definition) is 2. The van der Waals surface area contributed by atoms with Crippen LogP contribution in [0.15, 0.2) is 30.3 Å². The van der Waals surface area contributed by atoms with Gasteiger partial charge < -0.3 is 5.32 Å². The van der Waals surface area contributed by atoms with Crippen LogP contribution in [0.2, 0.25) is 0 Å². The van der Waals surface area contributed by atoms with Gasteiger partial charge in [0, 0.05) is 22.3 Å². The molecule has 0 bridgehead atoms. The van der Waals surface area contributed by atoms with Crippen LogP contribution in [0.25, 0.3) is 10.4 Å². The molecule has 0 spiro atoms. The van der Waals surface area contributed by atoms with Crippen LogP contribution in [0.4, 0.5) is 0 Å². The minimum absolute atomic E-state index is 0.788. The molecule has 94 valence electrons. The Morgan fingerprint density at radius 1 is 1.17 bits per heavy atom. The number of hydrogen-bond donors (Lipinski definition) is 1. The zero-order valence-electron chi connectivity index (χ0n) is 11.0. The second-order valence-electron chi connectivity index (χ2n) is 5.24. The van der Waals surface area contributed by atoms with Crippen molar-refractivity contribution < 1.29 is 0 Å². The fraction of sp³-hybridized carbons (Fsp3) is 0.375. The van der Waals surface area contributed by atoms with E-state index in [-0.39, 0.29) is 0 Å². The van der Waals surface area contributed by atoms with Gasteiger partial charge in [0.05, 0.1) is 0 Å². The first-order valence-corrected chi connectivity index (χ1v) is 7.44. The van der Waals surface area contributed by atoms with Gasteiger partial charge in [-0.1, -0.05) is 23.8 Å². The van der Waals surface area contributed by atoms with Crippen LogP contribution >= 0.6 is 11.3 Å². The van der Waals surface area contributed by atoms with Gasteiger partial charge >= 0.3 is 0 Å². The van der Waals surface area contributed by atoms with Crippen LogP contribution in [-0.4, -0.2) is 6.04 Å². The van der Waals surface area contributed by atoms with E-state index < -0.39 is 0 Å². The summed E-state index contributed by atoms with van der Waals surface area (Å²) in [5.74, 6) is 0. The highest BCUT2D eigenvalue weighted by Crippen LogP contribution is 2.31. The summed E-state index contributed by atoms with van der Waals surface area (Å²) >= 11 is 1.92. The van der Waals surface area contributed by atoms with E-state index in [0.717, 1.165) is 12.6 Å². The van der Waals surface area contributed by atoms with Crippen LogP contribution < -0.4 is 5.32 Å². The fourth-order valence-electron chi connectivity index (χ4n) is 2.15.